The zero-order valence-electron chi connectivity index (χ0n) is 40.4. The van der Waals surface area contributed by atoms with Gasteiger partial charge in [0, 0.05) is 19.3 Å². The number of hydrogen-bond donors (Lipinski definition) is 0. The summed E-state index contributed by atoms with van der Waals surface area (Å²) >= 11 is 0. The first kappa shape index (κ1) is 58.6. The van der Waals surface area contributed by atoms with Crippen molar-refractivity contribution in [2.45, 2.75) is 239 Å². The normalized spacial score (nSPS) is 12.8. The average molecular weight is 863 g/mol. The average Bonchev–Trinajstić information content (AvgIpc) is 3.27. The van der Waals surface area contributed by atoms with Crippen molar-refractivity contribution >= 4 is 17.9 Å². The Labute approximate surface area is 382 Å². The Kier molecular flexibility index (Phi) is 47.5. The Morgan fingerprint density at radius 1 is 0.339 bits per heavy atom. The third-order valence-electron chi connectivity index (χ3n) is 10.6. The van der Waals surface area contributed by atoms with Crippen molar-refractivity contribution in [1.29, 1.82) is 0 Å². The Morgan fingerprint density at radius 3 is 1.00 bits per heavy atom. The molecule has 0 aromatic carbocycles. The van der Waals surface area contributed by atoms with Crippen molar-refractivity contribution in [3.8, 4) is 0 Å². The van der Waals surface area contributed by atoms with Gasteiger partial charge in [-0.05, 0) is 89.9 Å². The monoisotopic (exact) mass is 863 g/mol. The minimum Gasteiger partial charge on any atom is -0.462 e. The lowest BCUT2D eigenvalue weighted by molar-refractivity contribution is -0.167. The van der Waals surface area contributed by atoms with Gasteiger partial charge in [-0.2, -0.15) is 0 Å². The summed E-state index contributed by atoms with van der Waals surface area (Å²) in [5.74, 6) is -0.950. The fraction of sp³-hybridized carbons (Fsp3) is 0.696. The van der Waals surface area contributed by atoms with E-state index in [0.717, 1.165) is 122 Å². The van der Waals surface area contributed by atoms with Gasteiger partial charge in [-0.1, -0.05) is 209 Å². The smallest absolute Gasteiger partial charge is 0.306 e. The van der Waals surface area contributed by atoms with Crippen LogP contribution in [0.5, 0.6) is 0 Å². The molecule has 0 spiro atoms. The molecule has 62 heavy (non-hydrogen) atoms. The first-order chi connectivity index (χ1) is 30.5. The van der Waals surface area contributed by atoms with Crippen LogP contribution in [0.2, 0.25) is 0 Å². The summed E-state index contributed by atoms with van der Waals surface area (Å²) in [5, 5.41) is 0. The summed E-state index contributed by atoms with van der Waals surface area (Å²) in [6.07, 6.45) is 64.2. The topological polar surface area (TPSA) is 78.9 Å². The number of allylic oxidation sites excluding steroid dienone is 14. The van der Waals surface area contributed by atoms with Gasteiger partial charge < -0.3 is 14.2 Å². The molecular weight excluding hydrogens is 769 g/mol. The molecule has 0 aromatic rings. The molecule has 0 aliphatic heterocycles. The highest BCUT2D eigenvalue weighted by molar-refractivity contribution is 5.71. The number of hydrogen-bond acceptors (Lipinski definition) is 6. The van der Waals surface area contributed by atoms with Crippen LogP contribution in [0, 0.1) is 0 Å². The number of rotatable bonds is 45. The van der Waals surface area contributed by atoms with Crippen LogP contribution in [-0.4, -0.2) is 37.2 Å². The molecule has 0 bridgehead atoms. The Hall–Kier alpha value is -3.41. The van der Waals surface area contributed by atoms with E-state index >= 15 is 0 Å². The van der Waals surface area contributed by atoms with Crippen LogP contribution in [0.1, 0.15) is 233 Å². The van der Waals surface area contributed by atoms with Gasteiger partial charge >= 0.3 is 17.9 Å². The van der Waals surface area contributed by atoms with E-state index in [-0.39, 0.29) is 31.1 Å². The van der Waals surface area contributed by atoms with Gasteiger partial charge in [-0.3, -0.25) is 14.4 Å². The molecule has 6 nitrogen and oxygen atoms in total. The first-order valence-electron chi connectivity index (χ1n) is 25.6. The van der Waals surface area contributed by atoms with Gasteiger partial charge in [-0.15, -0.1) is 0 Å². The molecule has 0 saturated carbocycles. The molecule has 0 fully saturated rings. The molecule has 0 rings (SSSR count). The predicted molar refractivity (Wildman–Crippen MR) is 265 cm³/mol. The minimum absolute atomic E-state index is 0.0950. The fourth-order valence-corrected chi connectivity index (χ4v) is 6.86. The highest BCUT2D eigenvalue weighted by Crippen LogP contribution is 2.15. The van der Waals surface area contributed by atoms with E-state index in [1.165, 1.54) is 70.6 Å². The SMILES string of the molecule is CC/C=C\C/C=C\C/C=C\C/C=C\CCCCCC(=O)OCC(COC(=O)CCCCCCCCCCCCCCCC)OC(=O)CCCCCC/C=C\C/C=C\C/C=C\CC. The molecule has 0 aliphatic carbocycles. The molecule has 0 heterocycles. The second-order valence-electron chi connectivity index (χ2n) is 16.7. The molecule has 0 amide bonds. The quantitative estimate of drug-likeness (QED) is 0.0263. The lowest BCUT2D eigenvalue weighted by atomic mass is 10.0. The standard InChI is InChI=1S/C56H94O6/c1-4-7-10-13-16-19-22-25-28-29-32-34-37-40-43-46-49-55(58)61-52-53(62-56(59)50-47-44-41-38-35-31-27-24-21-18-15-12-9-6-3)51-60-54(57)48-45-42-39-36-33-30-26-23-20-17-14-11-8-5-2/h7,9-10,12,16,18-19,21,25,27-28,31-32,34,53H,4-6,8,11,13-15,17,20,22-24,26,29-30,33,35-52H2,1-3H3/b10-7-,12-9-,19-16-,21-18-,28-25-,31-27-,34-32-. The molecule has 354 valence electrons. The van der Waals surface area contributed by atoms with Crippen molar-refractivity contribution in [1.82, 2.24) is 0 Å². The van der Waals surface area contributed by atoms with E-state index in [2.05, 4.69) is 106 Å². The van der Waals surface area contributed by atoms with E-state index in [1.54, 1.807) is 0 Å². The highest BCUT2D eigenvalue weighted by atomic mass is 16.6. The Bertz CT molecular complexity index is 1220. The first-order valence-corrected chi connectivity index (χ1v) is 25.6. The van der Waals surface area contributed by atoms with Crippen LogP contribution in [0.4, 0.5) is 0 Å². The Balaban J connectivity index is 4.47. The van der Waals surface area contributed by atoms with Crippen LogP contribution < -0.4 is 0 Å². The van der Waals surface area contributed by atoms with Gasteiger partial charge in [0.15, 0.2) is 6.10 Å². The summed E-state index contributed by atoms with van der Waals surface area (Å²) in [6.45, 7) is 6.36. The molecule has 0 N–H and O–H groups in total. The van der Waals surface area contributed by atoms with E-state index in [4.69, 9.17) is 14.2 Å². The molecular formula is C56H94O6. The fourth-order valence-electron chi connectivity index (χ4n) is 6.86. The maximum absolute atomic E-state index is 12.8. The molecule has 1 atom stereocenters. The number of ether oxygens (including phenoxy) is 3. The second kappa shape index (κ2) is 50.2. The molecule has 1 unspecified atom stereocenters. The Morgan fingerprint density at radius 2 is 0.629 bits per heavy atom. The van der Waals surface area contributed by atoms with Crippen LogP contribution in [-0.2, 0) is 28.6 Å². The van der Waals surface area contributed by atoms with Crippen LogP contribution in [0.25, 0.3) is 0 Å². The number of carbonyl (C=O) groups excluding carboxylic acids is 3. The van der Waals surface area contributed by atoms with E-state index in [0.29, 0.717) is 19.3 Å². The van der Waals surface area contributed by atoms with Crippen molar-refractivity contribution in [2.24, 2.45) is 0 Å². The van der Waals surface area contributed by atoms with Crippen LogP contribution in [0.3, 0.4) is 0 Å². The van der Waals surface area contributed by atoms with Gasteiger partial charge in [-0.25, -0.2) is 0 Å². The van der Waals surface area contributed by atoms with Gasteiger partial charge in [0.2, 0.25) is 0 Å². The number of esters is 3. The molecule has 6 heteroatoms. The summed E-state index contributed by atoms with van der Waals surface area (Å²) in [4.78, 5) is 38.0. The maximum atomic E-state index is 12.8. The number of unbranched alkanes of at least 4 members (excludes halogenated alkanes) is 20. The molecule has 0 aliphatic rings. The lowest BCUT2D eigenvalue weighted by Gasteiger charge is -2.18. The van der Waals surface area contributed by atoms with Crippen LogP contribution in [0.15, 0.2) is 85.1 Å². The predicted octanol–water partition coefficient (Wildman–Crippen LogP) is 16.8. The van der Waals surface area contributed by atoms with Crippen molar-refractivity contribution < 1.29 is 28.6 Å². The summed E-state index contributed by atoms with van der Waals surface area (Å²) in [5.41, 5.74) is 0. The van der Waals surface area contributed by atoms with Crippen LogP contribution >= 0.6 is 0 Å². The van der Waals surface area contributed by atoms with Crippen molar-refractivity contribution in [3.05, 3.63) is 85.1 Å². The summed E-state index contributed by atoms with van der Waals surface area (Å²) in [6, 6.07) is 0. The summed E-state index contributed by atoms with van der Waals surface area (Å²) < 4.78 is 16.8. The zero-order valence-corrected chi connectivity index (χ0v) is 40.4. The van der Waals surface area contributed by atoms with E-state index < -0.39 is 6.10 Å². The maximum Gasteiger partial charge on any atom is 0.306 e. The largest absolute Gasteiger partial charge is 0.462 e. The van der Waals surface area contributed by atoms with Gasteiger partial charge in [0.25, 0.3) is 0 Å². The second-order valence-corrected chi connectivity index (χ2v) is 16.7. The third-order valence-corrected chi connectivity index (χ3v) is 10.6. The molecule has 0 radical (unpaired) electrons. The summed E-state index contributed by atoms with van der Waals surface area (Å²) in [7, 11) is 0. The number of carbonyl (C=O) groups is 3. The third kappa shape index (κ3) is 47.6. The van der Waals surface area contributed by atoms with Gasteiger partial charge in [0.1, 0.15) is 13.2 Å². The van der Waals surface area contributed by atoms with Crippen molar-refractivity contribution in [2.75, 3.05) is 13.2 Å². The lowest BCUT2D eigenvalue weighted by Crippen LogP contribution is -2.30. The van der Waals surface area contributed by atoms with E-state index in [9.17, 15) is 14.4 Å². The highest BCUT2D eigenvalue weighted by Gasteiger charge is 2.19. The molecule has 0 aromatic heterocycles. The molecule has 0 saturated heterocycles. The van der Waals surface area contributed by atoms with E-state index in [1.807, 2.05) is 0 Å². The van der Waals surface area contributed by atoms with Gasteiger partial charge in [0.05, 0.1) is 0 Å². The zero-order chi connectivity index (χ0) is 45.1. The van der Waals surface area contributed by atoms with Crippen molar-refractivity contribution in [3.63, 3.8) is 0 Å². The minimum atomic E-state index is -0.799.